The van der Waals surface area contributed by atoms with E-state index in [2.05, 4.69) is 0 Å². The second-order valence-electron chi connectivity index (χ2n) is 4.58. The molecule has 1 spiro atoms. The average molecular weight is 213 g/mol. The molecule has 86 valence electrons. The molecular weight excluding hydrogens is 194 g/mol. The first-order chi connectivity index (χ1) is 7.13. The van der Waals surface area contributed by atoms with Crippen LogP contribution in [-0.2, 0) is 14.3 Å². The number of carbonyl (C=O) groups excluding carboxylic acids is 1. The Morgan fingerprint density at radius 1 is 1.33 bits per heavy atom. The van der Waals surface area contributed by atoms with Crippen molar-refractivity contribution in [1.29, 1.82) is 0 Å². The van der Waals surface area contributed by atoms with Crippen LogP contribution in [0.1, 0.15) is 32.6 Å². The number of hydrogen-bond donors (Lipinski definition) is 1. The summed E-state index contributed by atoms with van der Waals surface area (Å²) in [6.07, 6.45) is 3.61. The van der Waals surface area contributed by atoms with Crippen molar-refractivity contribution in [2.24, 2.45) is 11.7 Å². The van der Waals surface area contributed by atoms with Crippen LogP contribution in [0.4, 0.5) is 0 Å². The van der Waals surface area contributed by atoms with Gasteiger partial charge in [0.05, 0.1) is 19.3 Å². The van der Waals surface area contributed by atoms with Gasteiger partial charge in [0, 0.05) is 12.8 Å². The van der Waals surface area contributed by atoms with Gasteiger partial charge in [-0.25, -0.2) is 0 Å². The van der Waals surface area contributed by atoms with Crippen molar-refractivity contribution in [3.63, 3.8) is 0 Å². The van der Waals surface area contributed by atoms with Crippen molar-refractivity contribution in [2.45, 2.75) is 44.4 Å². The highest BCUT2D eigenvalue weighted by atomic mass is 16.7. The largest absolute Gasteiger partial charge is 0.348 e. The Bertz CT molecular complexity index is 238. The van der Waals surface area contributed by atoms with E-state index in [4.69, 9.17) is 15.2 Å². The predicted molar refractivity (Wildman–Crippen MR) is 55.2 cm³/mol. The number of Topliss-reactive ketones (excluding diaryl/α,β-unsaturated/α-hetero) is 1. The minimum atomic E-state index is -0.340. The van der Waals surface area contributed by atoms with E-state index in [1.54, 1.807) is 6.92 Å². The van der Waals surface area contributed by atoms with Crippen LogP contribution in [0.15, 0.2) is 0 Å². The molecule has 2 fully saturated rings. The lowest BCUT2D eigenvalue weighted by Gasteiger charge is -2.36. The normalized spacial score (nSPS) is 28.1. The zero-order chi connectivity index (χ0) is 10.9. The summed E-state index contributed by atoms with van der Waals surface area (Å²) in [5.41, 5.74) is 5.85. The van der Waals surface area contributed by atoms with Crippen molar-refractivity contribution in [1.82, 2.24) is 0 Å². The first-order valence-electron chi connectivity index (χ1n) is 5.67. The predicted octanol–water partition coefficient (Wildman–Crippen LogP) is 0.836. The molecule has 0 bridgehead atoms. The summed E-state index contributed by atoms with van der Waals surface area (Å²) < 4.78 is 11.2. The van der Waals surface area contributed by atoms with Gasteiger partial charge in [0.2, 0.25) is 0 Å². The third-order valence-corrected chi connectivity index (χ3v) is 3.58. The van der Waals surface area contributed by atoms with Crippen LogP contribution in [-0.4, -0.2) is 30.8 Å². The van der Waals surface area contributed by atoms with Gasteiger partial charge in [-0.1, -0.05) is 0 Å². The maximum absolute atomic E-state index is 11.2. The van der Waals surface area contributed by atoms with Gasteiger partial charge in [-0.05, 0) is 25.7 Å². The standard InChI is InChI=1S/C11H19NO3/c1-8(13)10(12)9-2-4-11(5-3-9)14-6-7-15-11/h9-10H,2-7,12H2,1H3. The van der Waals surface area contributed by atoms with Gasteiger partial charge >= 0.3 is 0 Å². The molecule has 4 nitrogen and oxygen atoms in total. The van der Waals surface area contributed by atoms with E-state index in [0.717, 1.165) is 25.7 Å². The summed E-state index contributed by atoms with van der Waals surface area (Å²) in [6.45, 7) is 2.96. The lowest BCUT2D eigenvalue weighted by Crippen LogP contribution is -2.43. The van der Waals surface area contributed by atoms with Crippen LogP contribution in [0.5, 0.6) is 0 Å². The quantitative estimate of drug-likeness (QED) is 0.738. The smallest absolute Gasteiger partial charge is 0.168 e. The maximum atomic E-state index is 11.2. The Hall–Kier alpha value is -0.450. The van der Waals surface area contributed by atoms with Crippen LogP contribution in [0, 0.1) is 5.92 Å². The number of hydrogen-bond acceptors (Lipinski definition) is 4. The molecule has 1 saturated carbocycles. The maximum Gasteiger partial charge on any atom is 0.168 e. The number of carbonyl (C=O) groups is 1. The zero-order valence-electron chi connectivity index (χ0n) is 9.20. The molecule has 4 heteroatoms. The van der Waals surface area contributed by atoms with E-state index in [1.807, 2.05) is 0 Å². The number of rotatable bonds is 2. The minimum Gasteiger partial charge on any atom is -0.348 e. The molecule has 1 aliphatic heterocycles. The fourth-order valence-electron chi connectivity index (χ4n) is 2.56. The second-order valence-corrected chi connectivity index (χ2v) is 4.58. The monoisotopic (exact) mass is 213 g/mol. The lowest BCUT2D eigenvalue weighted by molar-refractivity contribution is -0.183. The second kappa shape index (κ2) is 4.20. The summed E-state index contributed by atoms with van der Waals surface area (Å²) in [5.74, 6) is 0.0534. The molecule has 1 atom stereocenters. The van der Waals surface area contributed by atoms with Crippen LogP contribution >= 0.6 is 0 Å². The van der Waals surface area contributed by atoms with Gasteiger partial charge in [0.15, 0.2) is 5.79 Å². The fraction of sp³-hybridized carbons (Fsp3) is 0.909. The van der Waals surface area contributed by atoms with Crippen molar-refractivity contribution in [2.75, 3.05) is 13.2 Å². The highest BCUT2D eigenvalue weighted by molar-refractivity contribution is 5.81. The van der Waals surface area contributed by atoms with Crippen molar-refractivity contribution < 1.29 is 14.3 Å². The highest BCUT2D eigenvalue weighted by Gasteiger charge is 2.41. The number of ether oxygens (including phenoxy) is 2. The molecular formula is C11H19NO3. The van der Waals surface area contributed by atoms with Crippen LogP contribution in [0.25, 0.3) is 0 Å². The minimum absolute atomic E-state index is 0.0872. The van der Waals surface area contributed by atoms with E-state index in [9.17, 15) is 4.79 Å². The first kappa shape index (κ1) is 11.0. The molecule has 0 aromatic rings. The van der Waals surface area contributed by atoms with Crippen LogP contribution in [0.3, 0.4) is 0 Å². The topological polar surface area (TPSA) is 61.6 Å². The van der Waals surface area contributed by atoms with E-state index < -0.39 is 0 Å². The third kappa shape index (κ3) is 2.22. The molecule has 15 heavy (non-hydrogen) atoms. The lowest BCUT2D eigenvalue weighted by atomic mass is 9.80. The molecule has 0 amide bonds. The number of ketones is 1. The van der Waals surface area contributed by atoms with Gasteiger partial charge in [-0.15, -0.1) is 0 Å². The van der Waals surface area contributed by atoms with E-state index in [0.29, 0.717) is 19.1 Å². The van der Waals surface area contributed by atoms with Crippen molar-refractivity contribution >= 4 is 5.78 Å². The molecule has 2 rings (SSSR count). The van der Waals surface area contributed by atoms with Crippen molar-refractivity contribution in [3.8, 4) is 0 Å². The Morgan fingerprint density at radius 2 is 1.87 bits per heavy atom. The molecule has 1 heterocycles. The van der Waals surface area contributed by atoms with Gasteiger partial charge < -0.3 is 15.2 Å². The van der Waals surface area contributed by atoms with Gasteiger partial charge in [0.1, 0.15) is 5.78 Å². The van der Waals surface area contributed by atoms with Gasteiger partial charge in [0.25, 0.3) is 0 Å². The average Bonchev–Trinajstić information content (AvgIpc) is 2.67. The third-order valence-electron chi connectivity index (χ3n) is 3.58. The molecule has 2 N–H and O–H groups in total. The Morgan fingerprint density at radius 3 is 2.33 bits per heavy atom. The molecule has 0 aromatic carbocycles. The van der Waals surface area contributed by atoms with E-state index in [-0.39, 0.29) is 17.6 Å². The van der Waals surface area contributed by atoms with Gasteiger partial charge in [-0.3, -0.25) is 4.79 Å². The Kier molecular flexibility index (Phi) is 3.09. The summed E-state index contributed by atoms with van der Waals surface area (Å²) in [5, 5.41) is 0. The molecule has 1 saturated heterocycles. The van der Waals surface area contributed by atoms with E-state index >= 15 is 0 Å². The SMILES string of the molecule is CC(=O)C(N)C1CCC2(CC1)OCCO2. The van der Waals surface area contributed by atoms with E-state index in [1.165, 1.54) is 0 Å². The summed E-state index contributed by atoms with van der Waals surface area (Å²) in [7, 11) is 0. The van der Waals surface area contributed by atoms with Crippen LogP contribution < -0.4 is 5.73 Å². The molecule has 1 unspecified atom stereocenters. The first-order valence-corrected chi connectivity index (χ1v) is 5.67. The molecule has 1 aliphatic carbocycles. The van der Waals surface area contributed by atoms with Crippen LogP contribution in [0.2, 0.25) is 0 Å². The van der Waals surface area contributed by atoms with Crippen molar-refractivity contribution in [3.05, 3.63) is 0 Å². The Balaban J connectivity index is 1.89. The summed E-state index contributed by atoms with van der Waals surface area (Å²) >= 11 is 0. The fourth-order valence-corrected chi connectivity index (χ4v) is 2.56. The summed E-state index contributed by atoms with van der Waals surface area (Å²) in [4.78, 5) is 11.2. The highest BCUT2D eigenvalue weighted by Crippen LogP contribution is 2.39. The number of nitrogens with two attached hydrogens (primary N) is 1. The Labute approximate surface area is 90.1 Å². The molecule has 2 aliphatic rings. The summed E-state index contributed by atoms with van der Waals surface area (Å²) in [6, 6.07) is -0.302. The van der Waals surface area contributed by atoms with Gasteiger partial charge in [-0.2, -0.15) is 0 Å². The molecule has 0 aromatic heterocycles. The zero-order valence-corrected chi connectivity index (χ0v) is 9.20. The molecule has 0 radical (unpaired) electrons.